The summed E-state index contributed by atoms with van der Waals surface area (Å²) in [6, 6.07) is 11.9. The molecule has 0 aromatic rings. The maximum absolute atomic E-state index is 4.52. The Labute approximate surface area is 265 Å². The molecule has 0 fully saturated rings. The van der Waals surface area contributed by atoms with E-state index in [9.17, 15) is 0 Å². The summed E-state index contributed by atoms with van der Waals surface area (Å²) in [6.07, 6.45) is 5.82. The fraction of sp³-hybridized carbons (Fsp3) is 0.833. The first-order chi connectivity index (χ1) is 12.8. The van der Waals surface area contributed by atoms with E-state index in [1.54, 1.807) is 24.2 Å². The average molecular weight is 513 g/mol. The first kappa shape index (κ1) is 46.3. The second-order valence-corrected chi connectivity index (χ2v) is 37.9. The standard InChI is InChI=1S/C24H56Si5.4Li/c1-25(2,3)17-13-21-29(22-14-18-26(4,5)6,23-15-19-27(7,8)9)24-16-20-28(10,11)12;;;;/h1,4,7,10,13-24H2,2-3,5-6,8-9,11-12H3;;;;/q-4;4*+1. The zero-order valence-electron chi connectivity index (χ0n) is 25.8. The summed E-state index contributed by atoms with van der Waals surface area (Å²) in [4.78, 5) is 0. The molecule has 0 spiro atoms. The molecule has 0 bridgehead atoms. The van der Waals surface area contributed by atoms with Gasteiger partial charge in [0.2, 0.25) is 0 Å². The zero-order chi connectivity index (χ0) is 23.0. The molecule has 9 heteroatoms. The van der Waals surface area contributed by atoms with E-state index < -0.39 is 40.4 Å². The predicted octanol–water partition coefficient (Wildman–Crippen LogP) is -2.66. The van der Waals surface area contributed by atoms with Gasteiger partial charge in [-0.05, 0) is 0 Å². The summed E-state index contributed by atoms with van der Waals surface area (Å²) in [7, 11) is -5.93. The van der Waals surface area contributed by atoms with Gasteiger partial charge < -0.3 is 26.2 Å². The van der Waals surface area contributed by atoms with E-state index in [0.29, 0.717) is 0 Å². The minimum Gasteiger partial charge on any atom is -0.342 e. The Kier molecular flexibility index (Phi) is 28.6. The topological polar surface area (TPSA) is 0 Å². The van der Waals surface area contributed by atoms with Gasteiger partial charge in [0.25, 0.3) is 0 Å². The van der Waals surface area contributed by atoms with Gasteiger partial charge in [0.15, 0.2) is 0 Å². The van der Waals surface area contributed by atoms with E-state index in [2.05, 4.69) is 78.6 Å². The Morgan fingerprint density at radius 2 is 0.485 bits per heavy atom. The first-order valence-corrected chi connectivity index (χ1v) is 28.7. The maximum Gasteiger partial charge on any atom is 1.00 e. The van der Waals surface area contributed by atoms with Gasteiger partial charge in [-0.3, -0.25) is 0 Å². The summed E-state index contributed by atoms with van der Waals surface area (Å²) in [5.41, 5.74) is 0. The molecule has 0 aromatic heterocycles. The second kappa shape index (κ2) is 20.4. The van der Waals surface area contributed by atoms with E-state index in [1.165, 1.54) is 49.9 Å². The van der Waals surface area contributed by atoms with Crippen LogP contribution >= 0.6 is 0 Å². The van der Waals surface area contributed by atoms with Crippen LogP contribution in [-0.2, 0) is 0 Å². The van der Waals surface area contributed by atoms with Crippen molar-refractivity contribution >= 4 is 40.4 Å². The molecule has 0 nitrogen and oxygen atoms in total. The van der Waals surface area contributed by atoms with Crippen LogP contribution in [0.4, 0.5) is 0 Å². The van der Waals surface area contributed by atoms with Crippen LogP contribution in [0, 0.1) is 26.2 Å². The Balaban J connectivity index is -0.000000653. The third-order valence-corrected chi connectivity index (χ3v) is 18.7. The van der Waals surface area contributed by atoms with Crippen LogP contribution in [-0.4, -0.2) is 40.4 Å². The largest absolute Gasteiger partial charge is 1.00 e. The molecule has 0 unspecified atom stereocenters. The van der Waals surface area contributed by atoms with Gasteiger partial charge in [0.05, 0.1) is 8.07 Å². The van der Waals surface area contributed by atoms with Gasteiger partial charge in [-0.2, -0.15) is 0 Å². The first-order valence-electron chi connectivity index (χ1n) is 12.2. The molecule has 33 heavy (non-hydrogen) atoms. The average Bonchev–Trinajstić information content (AvgIpc) is 2.41. The molecule has 0 rings (SSSR count). The summed E-state index contributed by atoms with van der Waals surface area (Å²) in [6.45, 7) is 37.6. The summed E-state index contributed by atoms with van der Waals surface area (Å²) in [5.74, 6) is 0. The van der Waals surface area contributed by atoms with E-state index in [1.807, 2.05) is 0 Å². The van der Waals surface area contributed by atoms with Crippen LogP contribution in [0.5, 0.6) is 0 Å². The van der Waals surface area contributed by atoms with Crippen molar-refractivity contribution in [3.63, 3.8) is 0 Å². The van der Waals surface area contributed by atoms with Crippen LogP contribution in [0.15, 0.2) is 0 Å². The van der Waals surface area contributed by atoms with Crippen LogP contribution in [0.3, 0.4) is 0 Å². The fourth-order valence-electron chi connectivity index (χ4n) is 4.52. The normalized spacial score (nSPS) is 12.7. The quantitative estimate of drug-likeness (QED) is 0.156. The number of hydrogen-bond acceptors (Lipinski definition) is 0. The minimum absolute atomic E-state index is 0. The van der Waals surface area contributed by atoms with E-state index in [-0.39, 0.29) is 75.4 Å². The van der Waals surface area contributed by atoms with E-state index >= 15 is 0 Å². The number of hydrogen-bond donors (Lipinski definition) is 0. The maximum atomic E-state index is 4.52. The molecule has 0 aromatic carbocycles. The molecule has 0 atom stereocenters. The molecular weight excluding hydrogens is 456 g/mol. The van der Waals surface area contributed by atoms with Crippen molar-refractivity contribution in [2.45, 2.75) is 126 Å². The Bertz CT molecular complexity index is 364. The third kappa shape index (κ3) is 31.6. The molecule has 0 aliphatic rings. The Morgan fingerprint density at radius 3 is 0.606 bits per heavy atom. The smallest absolute Gasteiger partial charge is 0.342 e. The molecule has 176 valence electrons. The molecule has 0 N–H and O–H groups in total. The molecule has 0 amide bonds. The summed E-state index contributed by atoms with van der Waals surface area (Å²) >= 11 is 0. The molecular formula is C24H56Li4Si5. The van der Waals surface area contributed by atoms with Crippen LogP contribution in [0.2, 0.25) is 101 Å². The van der Waals surface area contributed by atoms with Gasteiger partial charge in [0.1, 0.15) is 0 Å². The van der Waals surface area contributed by atoms with Gasteiger partial charge in [-0.15, -0.1) is 32.3 Å². The van der Waals surface area contributed by atoms with Crippen molar-refractivity contribution in [1.29, 1.82) is 0 Å². The van der Waals surface area contributed by atoms with Crippen molar-refractivity contribution in [1.82, 2.24) is 0 Å². The van der Waals surface area contributed by atoms with E-state index in [0.717, 1.165) is 0 Å². The second-order valence-electron chi connectivity index (χ2n) is 13.6. The van der Waals surface area contributed by atoms with Crippen LogP contribution in [0.25, 0.3) is 0 Å². The van der Waals surface area contributed by atoms with Gasteiger partial charge in [-0.1, -0.05) is 126 Å². The Morgan fingerprint density at radius 1 is 0.333 bits per heavy atom. The summed E-state index contributed by atoms with van der Waals surface area (Å²) in [5, 5.41) is 0. The molecule has 0 radical (unpaired) electrons. The summed E-state index contributed by atoms with van der Waals surface area (Å²) < 4.78 is 0. The molecule has 0 aliphatic carbocycles. The van der Waals surface area contributed by atoms with Crippen molar-refractivity contribution < 1.29 is 75.4 Å². The number of rotatable bonds is 16. The third-order valence-electron chi connectivity index (χ3n) is 6.24. The molecule has 0 saturated carbocycles. The van der Waals surface area contributed by atoms with Crippen molar-refractivity contribution in [3.05, 3.63) is 26.2 Å². The molecule has 0 heterocycles. The zero-order valence-corrected chi connectivity index (χ0v) is 30.8. The Hall–Kier alpha value is 3.47. The molecule has 0 aliphatic heterocycles. The SMILES string of the molecule is [CH2-][Si](C)(C)CCC[Si](CCC[Si]([CH2-])(C)C)(CCC[Si]([CH2-])(C)C)CCC[Si]([CH2-])(C)C.[Li+].[Li+].[Li+].[Li+]. The van der Waals surface area contributed by atoms with E-state index in [4.69, 9.17) is 0 Å². The van der Waals surface area contributed by atoms with Crippen LogP contribution in [0.1, 0.15) is 25.7 Å². The van der Waals surface area contributed by atoms with Crippen molar-refractivity contribution in [2.75, 3.05) is 0 Å². The van der Waals surface area contributed by atoms with Crippen LogP contribution < -0.4 is 75.4 Å². The van der Waals surface area contributed by atoms with Gasteiger partial charge in [0, 0.05) is 0 Å². The monoisotopic (exact) mass is 512 g/mol. The molecule has 0 saturated heterocycles. The minimum atomic E-state index is -1.22. The van der Waals surface area contributed by atoms with Crippen molar-refractivity contribution in [3.8, 4) is 0 Å². The predicted molar refractivity (Wildman–Crippen MR) is 154 cm³/mol. The van der Waals surface area contributed by atoms with Gasteiger partial charge >= 0.3 is 75.4 Å². The fourth-order valence-corrected chi connectivity index (χ4v) is 15.7. The van der Waals surface area contributed by atoms with Crippen molar-refractivity contribution in [2.24, 2.45) is 0 Å². The van der Waals surface area contributed by atoms with Gasteiger partial charge in [-0.25, -0.2) is 0 Å².